The summed E-state index contributed by atoms with van der Waals surface area (Å²) in [7, 11) is 1.38. The Morgan fingerprint density at radius 2 is 1.85 bits per heavy atom. The van der Waals surface area contributed by atoms with Crippen molar-refractivity contribution >= 4 is 5.91 Å². The summed E-state index contributed by atoms with van der Waals surface area (Å²) < 4.78 is 39.7. The molecule has 0 fully saturated rings. The topological polar surface area (TPSA) is 56.8 Å². The van der Waals surface area contributed by atoms with Crippen LogP contribution in [0.4, 0.5) is 8.78 Å². The van der Waals surface area contributed by atoms with Crippen LogP contribution in [0.25, 0.3) is 0 Å². The molecule has 0 saturated heterocycles. The van der Waals surface area contributed by atoms with Crippen LogP contribution in [0.3, 0.4) is 0 Å². The Labute approximate surface area is 157 Å². The van der Waals surface area contributed by atoms with Gasteiger partial charge in [-0.3, -0.25) is 4.79 Å². The summed E-state index contributed by atoms with van der Waals surface area (Å²) in [5, 5.41) is 2.76. The van der Waals surface area contributed by atoms with Gasteiger partial charge in [0, 0.05) is 6.54 Å². The number of ether oxygens (including phenoxy) is 3. The predicted molar refractivity (Wildman–Crippen MR) is 97.8 cm³/mol. The number of hydrogen-bond donors (Lipinski definition) is 1. The number of aryl methyl sites for hydroxylation is 2. The molecule has 0 unspecified atom stereocenters. The minimum Gasteiger partial charge on any atom is -0.493 e. The Hall–Kier alpha value is -2.83. The van der Waals surface area contributed by atoms with Crippen LogP contribution < -0.4 is 19.5 Å². The largest absolute Gasteiger partial charge is 0.493 e. The first-order valence-electron chi connectivity index (χ1n) is 8.47. The Balaban J connectivity index is 1.81. The lowest BCUT2D eigenvalue weighted by atomic mass is 10.1. The second kappa shape index (κ2) is 9.75. The second-order valence-electron chi connectivity index (χ2n) is 6.02. The van der Waals surface area contributed by atoms with Crippen molar-refractivity contribution in [2.24, 2.45) is 0 Å². The predicted octanol–water partition coefficient (Wildman–Crippen LogP) is 3.65. The fraction of sp³-hybridized carbons (Fsp3) is 0.350. The van der Waals surface area contributed by atoms with Crippen molar-refractivity contribution in [2.75, 3.05) is 20.3 Å². The first-order chi connectivity index (χ1) is 12.9. The van der Waals surface area contributed by atoms with Crippen LogP contribution in [-0.2, 0) is 11.2 Å². The molecule has 5 nitrogen and oxygen atoms in total. The summed E-state index contributed by atoms with van der Waals surface area (Å²) in [6, 6.07) is 10.5. The normalized spacial score (nSPS) is 10.6. The second-order valence-corrected chi connectivity index (χ2v) is 6.02. The third-order valence-corrected chi connectivity index (χ3v) is 3.88. The highest BCUT2D eigenvalue weighted by Crippen LogP contribution is 2.29. The Morgan fingerprint density at radius 1 is 1.07 bits per heavy atom. The van der Waals surface area contributed by atoms with Crippen molar-refractivity contribution in [1.82, 2.24) is 5.32 Å². The van der Waals surface area contributed by atoms with Gasteiger partial charge in [-0.1, -0.05) is 18.2 Å². The molecule has 27 heavy (non-hydrogen) atoms. The van der Waals surface area contributed by atoms with Gasteiger partial charge in [0.15, 0.2) is 18.1 Å². The van der Waals surface area contributed by atoms with Gasteiger partial charge in [0.1, 0.15) is 5.75 Å². The molecule has 0 aliphatic heterocycles. The van der Waals surface area contributed by atoms with Crippen LogP contribution in [0.1, 0.15) is 16.7 Å². The van der Waals surface area contributed by atoms with E-state index in [-0.39, 0.29) is 24.0 Å². The molecular formula is C20H23F2NO4. The highest BCUT2D eigenvalue weighted by atomic mass is 19.3. The Morgan fingerprint density at radius 3 is 2.56 bits per heavy atom. The van der Waals surface area contributed by atoms with Gasteiger partial charge in [0.2, 0.25) is 0 Å². The van der Waals surface area contributed by atoms with Gasteiger partial charge in [0.25, 0.3) is 5.91 Å². The molecule has 0 atom stereocenters. The zero-order chi connectivity index (χ0) is 19.8. The Kier molecular flexibility index (Phi) is 7.40. The minimum atomic E-state index is -2.92. The SMILES string of the molecule is COc1cc(CCNC(=O)COc2cc(C)ccc2C)ccc1OC(F)F. The molecule has 2 aromatic carbocycles. The van der Waals surface area contributed by atoms with E-state index < -0.39 is 6.61 Å². The zero-order valence-corrected chi connectivity index (χ0v) is 15.6. The fourth-order valence-corrected chi connectivity index (χ4v) is 2.46. The molecule has 0 aliphatic carbocycles. The molecule has 2 aromatic rings. The lowest BCUT2D eigenvalue weighted by Gasteiger charge is -2.12. The van der Waals surface area contributed by atoms with Gasteiger partial charge in [0.05, 0.1) is 7.11 Å². The van der Waals surface area contributed by atoms with E-state index >= 15 is 0 Å². The number of alkyl halides is 2. The van der Waals surface area contributed by atoms with Crippen LogP contribution >= 0.6 is 0 Å². The summed E-state index contributed by atoms with van der Waals surface area (Å²) in [6.07, 6.45) is 0.514. The van der Waals surface area contributed by atoms with Gasteiger partial charge in [-0.15, -0.1) is 0 Å². The smallest absolute Gasteiger partial charge is 0.387 e. The van der Waals surface area contributed by atoms with E-state index in [0.29, 0.717) is 18.7 Å². The number of halogens is 2. The lowest BCUT2D eigenvalue weighted by molar-refractivity contribution is -0.123. The number of nitrogens with one attached hydrogen (secondary N) is 1. The van der Waals surface area contributed by atoms with E-state index in [2.05, 4.69) is 10.1 Å². The van der Waals surface area contributed by atoms with Gasteiger partial charge in [-0.25, -0.2) is 0 Å². The van der Waals surface area contributed by atoms with Gasteiger partial charge in [-0.05, 0) is 55.2 Å². The molecule has 1 amide bonds. The van der Waals surface area contributed by atoms with Crippen LogP contribution in [0.15, 0.2) is 36.4 Å². The highest BCUT2D eigenvalue weighted by Gasteiger charge is 2.11. The maximum atomic E-state index is 12.3. The third-order valence-electron chi connectivity index (χ3n) is 3.88. The van der Waals surface area contributed by atoms with E-state index in [9.17, 15) is 13.6 Å². The van der Waals surface area contributed by atoms with Crippen molar-refractivity contribution in [2.45, 2.75) is 26.9 Å². The molecular weight excluding hydrogens is 356 g/mol. The van der Waals surface area contributed by atoms with Gasteiger partial charge < -0.3 is 19.5 Å². The number of carbonyl (C=O) groups is 1. The molecule has 0 radical (unpaired) electrons. The number of benzene rings is 2. The maximum absolute atomic E-state index is 12.3. The average molecular weight is 379 g/mol. The number of methoxy groups -OCH3 is 1. The molecule has 146 valence electrons. The monoisotopic (exact) mass is 379 g/mol. The molecule has 0 aliphatic rings. The first-order valence-corrected chi connectivity index (χ1v) is 8.47. The molecule has 0 bridgehead atoms. The summed E-state index contributed by atoms with van der Waals surface area (Å²) in [6.45, 7) is 1.27. The lowest BCUT2D eigenvalue weighted by Crippen LogP contribution is -2.30. The molecule has 2 rings (SSSR count). The van der Waals surface area contributed by atoms with Gasteiger partial charge in [-0.2, -0.15) is 8.78 Å². The molecule has 7 heteroatoms. The number of rotatable bonds is 9. The quantitative estimate of drug-likeness (QED) is 0.723. The van der Waals surface area contributed by atoms with Crippen molar-refractivity contribution < 1.29 is 27.8 Å². The molecule has 0 heterocycles. The van der Waals surface area contributed by atoms with Crippen LogP contribution in [0.2, 0.25) is 0 Å². The summed E-state index contributed by atoms with van der Waals surface area (Å²) in [5.41, 5.74) is 2.85. The first kappa shape index (κ1) is 20.5. The summed E-state index contributed by atoms with van der Waals surface area (Å²) in [5.74, 6) is 0.643. The molecule has 0 saturated carbocycles. The van der Waals surface area contributed by atoms with E-state index in [4.69, 9.17) is 9.47 Å². The minimum absolute atomic E-state index is 0.0257. The van der Waals surface area contributed by atoms with Gasteiger partial charge >= 0.3 is 6.61 Å². The number of amides is 1. The maximum Gasteiger partial charge on any atom is 0.387 e. The zero-order valence-electron chi connectivity index (χ0n) is 15.6. The average Bonchev–Trinajstić information content (AvgIpc) is 2.63. The van der Waals surface area contributed by atoms with E-state index in [1.54, 1.807) is 12.1 Å². The fourth-order valence-electron chi connectivity index (χ4n) is 2.46. The molecule has 1 N–H and O–H groups in total. The molecule has 0 aromatic heterocycles. The summed E-state index contributed by atoms with van der Waals surface area (Å²) in [4.78, 5) is 11.9. The molecule has 0 spiro atoms. The summed E-state index contributed by atoms with van der Waals surface area (Å²) >= 11 is 0. The van der Waals surface area contributed by atoms with Crippen molar-refractivity contribution in [1.29, 1.82) is 0 Å². The third kappa shape index (κ3) is 6.44. The highest BCUT2D eigenvalue weighted by molar-refractivity contribution is 5.77. The van der Waals surface area contributed by atoms with Crippen molar-refractivity contribution in [3.8, 4) is 17.2 Å². The number of carbonyl (C=O) groups excluding carboxylic acids is 1. The van der Waals surface area contributed by atoms with Crippen LogP contribution in [0.5, 0.6) is 17.2 Å². The van der Waals surface area contributed by atoms with E-state index in [1.807, 2.05) is 32.0 Å². The van der Waals surface area contributed by atoms with Crippen molar-refractivity contribution in [3.63, 3.8) is 0 Å². The Bertz CT molecular complexity index is 781. The van der Waals surface area contributed by atoms with Crippen LogP contribution in [-0.4, -0.2) is 32.8 Å². The standard InChI is InChI=1S/C20H23F2NO4/c1-13-4-5-14(2)17(10-13)26-12-19(24)23-9-8-15-6-7-16(27-20(21)22)18(11-15)25-3/h4-7,10-11,20H,8-9,12H2,1-3H3,(H,23,24). The van der Waals surface area contributed by atoms with E-state index in [1.165, 1.54) is 13.2 Å². The number of hydrogen-bond acceptors (Lipinski definition) is 4. The van der Waals surface area contributed by atoms with E-state index in [0.717, 1.165) is 16.7 Å². The van der Waals surface area contributed by atoms with Crippen LogP contribution in [0, 0.1) is 13.8 Å². The van der Waals surface area contributed by atoms with Crippen molar-refractivity contribution in [3.05, 3.63) is 53.1 Å².